The molecule has 4 rings (SSSR count). The molecule has 0 radical (unpaired) electrons. The molecule has 0 saturated heterocycles. The maximum absolute atomic E-state index is 5.84. The fourth-order valence-corrected chi connectivity index (χ4v) is 2.65. The molecule has 6 heteroatoms. The van der Waals surface area contributed by atoms with E-state index in [2.05, 4.69) is 20.4 Å². The van der Waals surface area contributed by atoms with E-state index in [0.717, 1.165) is 43.2 Å². The second kappa shape index (κ2) is 6.34. The molecule has 1 saturated carbocycles. The monoisotopic (exact) mass is 309 g/mol. The van der Waals surface area contributed by atoms with Crippen LogP contribution in [-0.4, -0.2) is 25.7 Å². The summed E-state index contributed by atoms with van der Waals surface area (Å²) in [4.78, 5) is 8.49. The fraction of sp³-hybridized carbons (Fsp3) is 0.353. The van der Waals surface area contributed by atoms with Crippen LogP contribution < -0.4 is 10.1 Å². The Morgan fingerprint density at radius 3 is 3.00 bits per heavy atom. The predicted molar refractivity (Wildman–Crippen MR) is 86.0 cm³/mol. The zero-order valence-corrected chi connectivity index (χ0v) is 12.9. The van der Waals surface area contributed by atoms with Gasteiger partial charge in [0.05, 0.1) is 5.69 Å². The third kappa shape index (κ3) is 3.17. The minimum Gasteiger partial charge on any atom is -0.474 e. The minimum absolute atomic E-state index is 0.357. The maximum atomic E-state index is 5.84. The minimum atomic E-state index is 0.357. The summed E-state index contributed by atoms with van der Waals surface area (Å²) in [5.41, 5.74) is 3.12. The molecule has 0 atom stereocenters. The van der Waals surface area contributed by atoms with Gasteiger partial charge in [-0.15, -0.1) is 0 Å². The smallest absolute Gasteiger partial charge is 0.213 e. The largest absolute Gasteiger partial charge is 0.474 e. The van der Waals surface area contributed by atoms with Crippen LogP contribution in [0.15, 0.2) is 42.9 Å². The van der Waals surface area contributed by atoms with Crippen LogP contribution >= 0.6 is 0 Å². The average Bonchev–Trinajstić information content (AvgIpc) is 3.01. The first-order valence-electron chi connectivity index (χ1n) is 7.98. The molecule has 0 unspecified atom stereocenters. The Labute approximate surface area is 134 Å². The van der Waals surface area contributed by atoms with Gasteiger partial charge in [-0.05, 0) is 43.0 Å². The summed E-state index contributed by atoms with van der Waals surface area (Å²) in [6, 6.07) is 10.0. The Kier molecular flexibility index (Phi) is 3.90. The molecule has 1 aliphatic rings. The van der Waals surface area contributed by atoms with E-state index >= 15 is 0 Å². The van der Waals surface area contributed by atoms with Crippen LogP contribution in [0.3, 0.4) is 0 Å². The van der Waals surface area contributed by atoms with E-state index in [1.807, 2.05) is 41.0 Å². The van der Waals surface area contributed by atoms with Crippen LogP contribution in [0, 0.1) is 0 Å². The van der Waals surface area contributed by atoms with E-state index < -0.39 is 0 Å². The van der Waals surface area contributed by atoms with Crippen molar-refractivity contribution in [2.45, 2.75) is 38.5 Å². The fourth-order valence-electron chi connectivity index (χ4n) is 2.65. The molecule has 0 spiro atoms. The highest BCUT2D eigenvalue weighted by molar-refractivity contribution is 5.37. The van der Waals surface area contributed by atoms with E-state index in [9.17, 15) is 0 Å². The molecule has 3 aromatic heterocycles. The van der Waals surface area contributed by atoms with Crippen LogP contribution in [0.2, 0.25) is 0 Å². The lowest BCUT2D eigenvalue weighted by Gasteiger charge is -2.25. The van der Waals surface area contributed by atoms with Crippen molar-refractivity contribution in [3.63, 3.8) is 0 Å². The van der Waals surface area contributed by atoms with Crippen molar-refractivity contribution >= 4 is 5.65 Å². The van der Waals surface area contributed by atoms with E-state index in [1.165, 1.54) is 12.0 Å². The second-order valence-corrected chi connectivity index (χ2v) is 5.82. The summed E-state index contributed by atoms with van der Waals surface area (Å²) in [5, 5.41) is 7.68. The van der Waals surface area contributed by atoms with Gasteiger partial charge in [-0.25, -0.2) is 14.5 Å². The van der Waals surface area contributed by atoms with Gasteiger partial charge in [0.1, 0.15) is 12.4 Å². The first kappa shape index (κ1) is 14.1. The normalized spacial score (nSPS) is 14.8. The lowest BCUT2D eigenvalue weighted by Crippen LogP contribution is -2.25. The van der Waals surface area contributed by atoms with Gasteiger partial charge in [0.25, 0.3) is 0 Å². The third-order valence-electron chi connectivity index (χ3n) is 4.15. The van der Waals surface area contributed by atoms with Crippen LogP contribution in [0.25, 0.3) is 5.65 Å². The summed E-state index contributed by atoms with van der Waals surface area (Å²) < 4.78 is 7.69. The molecular formula is C17H19N5O. The number of pyridine rings is 2. The summed E-state index contributed by atoms with van der Waals surface area (Å²) >= 11 is 0. The number of nitrogens with one attached hydrogen (secondary N) is 1. The molecule has 0 bridgehead atoms. The average molecular weight is 309 g/mol. The summed E-state index contributed by atoms with van der Waals surface area (Å²) in [6.07, 6.45) is 7.29. The second-order valence-electron chi connectivity index (χ2n) is 5.82. The molecule has 3 aromatic rings. The molecule has 1 N–H and O–H groups in total. The van der Waals surface area contributed by atoms with Gasteiger partial charge < -0.3 is 10.1 Å². The number of fused-ring (bicyclic) bond motifs is 1. The molecule has 1 fully saturated rings. The van der Waals surface area contributed by atoms with Crippen LogP contribution in [-0.2, 0) is 13.1 Å². The Hall–Kier alpha value is -2.47. The van der Waals surface area contributed by atoms with Crippen molar-refractivity contribution in [2.75, 3.05) is 0 Å². The summed E-state index contributed by atoms with van der Waals surface area (Å²) in [5.74, 6) is 0.729. The molecule has 23 heavy (non-hydrogen) atoms. The van der Waals surface area contributed by atoms with Gasteiger partial charge in [0.15, 0.2) is 5.65 Å². The number of hydrogen-bond acceptors (Lipinski definition) is 5. The highest BCUT2D eigenvalue weighted by Crippen LogP contribution is 2.24. The summed E-state index contributed by atoms with van der Waals surface area (Å²) in [7, 11) is 0. The van der Waals surface area contributed by atoms with Crippen molar-refractivity contribution in [1.29, 1.82) is 0 Å². The lowest BCUT2D eigenvalue weighted by molar-refractivity contribution is 0.114. The third-order valence-corrected chi connectivity index (χ3v) is 4.15. The van der Waals surface area contributed by atoms with Crippen molar-refractivity contribution in [3.8, 4) is 5.88 Å². The SMILES string of the molecule is c1cc(CNCc2ccnc(OC3CCC3)c2)n2ncnc2c1. The van der Waals surface area contributed by atoms with E-state index in [4.69, 9.17) is 4.74 Å². The van der Waals surface area contributed by atoms with E-state index in [0.29, 0.717) is 6.10 Å². The number of ether oxygens (including phenoxy) is 1. The van der Waals surface area contributed by atoms with Crippen molar-refractivity contribution in [3.05, 3.63) is 54.1 Å². The molecule has 3 heterocycles. The number of rotatable bonds is 6. The van der Waals surface area contributed by atoms with Gasteiger partial charge in [-0.1, -0.05) is 6.07 Å². The van der Waals surface area contributed by atoms with Gasteiger partial charge in [-0.2, -0.15) is 5.10 Å². The lowest BCUT2D eigenvalue weighted by atomic mass is 9.96. The molecule has 0 aliphatic heterocycles. The highest BCUT2D eigenvalue weighted by atomic mass is 16.5. The van der Waals surface area contributed by atoms with Crippen molar-refractivity contribution in [1.82, 2.24) is 24.9 Å². The molecule has 6 nitrogen and oxygen atoms in total. The quantitative estimate of drug-likeness (QED) is 0.757. The number of aromatic nitrogens is 4. The first-order valence-corrected chi connectivity index (χ1v) is 7.98. The Morgan fingerprint density at radius 1 is 1.17 bits per heavy atom. The van der Waals surface area contributed by atoms with Crippen LogP contribution in [0.5, 0.6) is 5.88 Å². The van der Waals surface area contributed by atoms with Gasteiger partial charge in [0, 0.05) is 25.4 Å². The van der Waals surface area contributed by atoms with Gasteiger partial charge in [0.2, 0.25) is 5.88 Å². The van der Waals surface area contributed by atoms with Crippen molar-refractivity contribution in [2.24, 2.45) is 0 Å². The van der Waals surface area contributed by atoms with Gasteiger partial charge in [-0.3, -0.25) is 0 Å². The van der Waals surface area contributed by atoms with Gasteiger partial charge >= 0.3 is 0 Å². The number of hydrogen-bond donors (Lipinski definition) is 1. The van der Waals surface area contributed by atoms with E-state index in [1.54, 1.807) is 6.33 Å². The first-order chi connectivity index (χ1) is 11.4. The maximum Gasteiger partial charge on any atom is 0.213 e. The van der Waals surface area contributed by atoms with Crippen LogP contribution in [0.1, 0.15) is 30.5 Å². The number of nitrogens with zero attached hydrogens (tertiary/aromatic N) is 4. The molecule has 118 valence electrons. The van der Waals surface area contributed by atoms with Crippen molar-refractivity contribution < 1.29 is 4.74 Å². The standard InChI is InChI=1S/C17H19N5O/c1-3-14(22-16(6-1)20-12-21-22)11-18-10-13-7-8-19-17(9-13)23-15-4-2-5-15/h1,3,6-9,12,15,18H,2,4-5,10-11H2. The Morgan fingerprint density at radius 2 is 2.13 bits per heavy atom. The summed E-state index contributed by atoms with van der Waals surface area (Å²) in [6.45, 7) is 1.48. The highest BCUT2D eigenvalue weighted by Gasteiger charge is 2.19. The zero-order chi connectivity index (χ0) is 15.5. The van der Waals surface area contributed by atoms with Crippen LogP contribution in [0.4, 0.5) is 0 Å². The molecule has 0 amide bonds. The molecule has 0 aromatic carbocycles. The predicted octanol–water partition coefficient (Wildman–Crippen LogP) is 2.35. The Balaban J connectivity index is 1.37. The zero-order valence-electron chi connectivity index (χ0n) is 12.9. The molecular weight excluding hydrogens is 290 g/mol. The Bertz CT molecular complexity index is 796. The van der Waals surface area contributed by atoms with E-state index in [-0.39, 0.29) is 0 Å². The topological polar surface area (TPSA) is 64.3 Å². The molecule has 1 aliphatic carbocycles.